The number of halogens is 2. The van der Waals surface area contributed by atoms with Crippen LogP contribution >= 0.6 is 27.5 Å². The van der Waals surface area contributed by atoms with Gasteiger partial charge in [-0.2, -0.15) is 5.10 Å². The number of aromatic amines is 1. The van der Waals surface area contributed by atoms with Crippen molar-refractivity contribution in [2.45, 2.75) is 19.5 Å². The molecule has 0 bridgehead atoms. The molecule has 0 aliphatic carbocycles. The van der Waals surface area contributed by atoms with Gasteiger partial charge in [0.15, 0.2) is 5.82 Å². The fourth-order valence-corrected chi connectivity index (χ4v) is 5.11. The summed E-state index contributed by atoms with van der Waals surface area (Å²) in [6.07, 6.45) is -0.727. The van der Waals surface area contributed by atoms with Gasteiger partial charge in [-0.05, 0) is 52.2 Å². The number of rotatable bonds is 6. The molecular weight excluding hydrogens is 596 g/mol. The van der Waals surface area contributed by atoms with Gasteiger partial charge in [-0.3, -0.25) is 24.5 Å². The number of nitrogens with zero attached hydrogens (tertiary/aromatic N) is 3. The number of fused-ring (bicyclic) bond motifs is 1. The summed E-state index contributed by atoms with van der Waals surface area (Å²) in [7, 11) is 0. The van der Waals surface area contributed by atoms with Crippen LogP contribution in [0.1, 0.15) is 38.9 Å². The van der Waals surface area contributed by atoms with Crippen molar-refractivity contribution < 1.29 is 14.4 Å². The van der Waals surface area contributed by atoms with Gasteiger partial charge < -0.3 is 15.5 Å². The Hall–Kier alpha value is -4.28. The molecule has 1 aliphatic heterocycles. The molecule has 0 saturated carbocycles. The zero-order valence-electron chi connectivity index (χ0n) is 21.3. The lowest BCUT2D eigenvalue weighted by atomic mass is 9.98. The lowest BCUT2D eigenvalue weighted by Crippen LogP contribution is -2.49. The van der Waals surface area contributed by atoms with Crippen molar-refractivity contribution in [3.05, 3.63) is 111 Å². The number of nitrogens with one attached hydrogen (secondary N) is 3. The summed E-state index contributed by atoms with van der Waals surface area (Å²) in [5.41, 5.74) is 3.52. The first-order valence-electron chi connectivity index (χ1n) is 12.5. The summed E-state index contributed by atoms with van der Waals surface area (Å²) in [6, 6.07) is 23.8. The Balaban J connectivity index is 1.44. The molecule has 2 heterocycles. The topological polar surface area (TPSA) is 120 Å². The van der Waals surface area contributed by atoms with E-state index in [9.17, 15) is 14.4 Å². The van der Waals surface area contributed by atoms with Crippen molar-refractivity contribution in [2.75, 3.05) is 16.8 Å². The van der Waals surface area contributed by atoms with E-state index >= 15 is 0 Å². The lowest BCUT2D eigenvalue weighted by Gasteiger charge is -2.30. The van der Waals surface area contributed by atoms with Crippen LogP contribution in [0.2, 0.25) is 5.02 Å². The number of para-hydroxylation sites is 1. The fraction of sp³-hybridized carbons (Fsp3) is 0.138. The second kappa shape index (κ2) is 11.8. The summed E-state index contributed by atoms with van der Waals surface area (Å²) in [5, 5.41) is 12.3. The van der Waals surface area contributed by atoms with Gasteiger partial charge in [0.2, 0.25) is 6.17 Å². The fourth-order valence-electron chi connectivity index (χ4n) is 4.43. The maximum absolute atomic E-state index is 13.8. The van der Waals surface area contributed by atoms with E-state index in [1.54, 1.807) is 29.2 Å². The van der Waals surface area contributed by atoms with E-state index in [1.807, 2.05) is 61.5 Å². The molecule has 40 heavy (non-hydrogen) atoms. The highest BCUT2D eigenvalue weighted by atomic mass is 79.9. The molecular formula is C29H24BrClN6O3. The van der Waals surface area contributed by atoms with E-state index < -0.39 is 18.0 Å². The van der Waals surface area contributed by atoms with Crippen molar-refractivity contribution in [3.63, 3.8) is 0 Å². The van der Waals surface area contributed by atoms with Gasteiger partial charge in [0.25, 0.3) is 17.7 Å². The minimum atomic E-state index is -1.20. The minimum absolute atomic E-state index is 0.0178. The van der Waals surface area contributed by atoms with Crippen molar-refractivity contribution >= 4 is 62.5 Å². The van der Waals surface area contributed by atoms with Crippen LogP contribution < -0.4 is 15.5 Å². The van der Waals surface area contributed by atoms with Crippen LogP contribution in [0, 0.1) is 0 Å². The summed E-state index contributed by atoms with van der Waals surface area (Å²) in [4.78, 5) is 46.2. The van der Waals surface area contributed by atoms with Gasteiger partial charge in [-0.1, -0.05) is 72.3 Å². The monoisotopic (exact) mass is 618 g/mol. The van der Waals surface area contributed by atoms with Gasteiger partial charge in [-0.15, -0.1) is 0 Å². The molecule has 202 valence electrons. The second-order valence-electron chi connectivity index (χ2n) is 8.90. The Morgan fingerprint density at radius 2 is 1.73 bits per heavy atom. The smallest absolute Gasteiger partial charge is 0.272 e. The van der Waals surface area contributed by atoms with Gasteiger partial charge in [0.05, 0.1) is 15.1 Å². The predicted octanol–water partition coefficient (Wildman–Crippen LogP) is 5.23. The summed E-state index contributed by atoms with van der Waals surface area (Å²) < 4.78 is 0.216. The Morgan fingerprint density at radius 3 is 2.48 bits per heavy atom. The van der Waals surface area contributed by atoms with Crippen LogP contribution in [-0.4, -0.2) is 46.3 Å². The number of carbonyl (C=O) groups is 3. The zero-order valence-corrected chi connectivity index (χ0v) is 23.7. The van der Waals surface area contributed by atoms with E-state index in [0.29, 0.717) is 18.7 Å². The van der Waals surface area contributed by atoms with Crippen molar-refractivity contribution in [1.82, 2.24) is 15.5 Å². The number of aromatic nitrogens is 2. The Kier molecular flexibility index (Phi) is 8.09. The van der Waals surface area contributed by atoms with E-state index in [1.165, 1.54) is 0 Å². The minimum Gasteiger partial charge on any atom is -0.321 e. The Morgan fingerprint density at radius 1 is 1.02 bits per heavy atom. The Labute approximate surface area is 243 Å². The maximum atomic E-state index is 13.8. The average Bonchev–Trinajstić information content (AvgIpc) is 3.32. The highest BCUT2D eigenvalue weighted by Gasteiger charge is 2.31. The largest absolute Gasteiger partial charge is 0.321 e. The number of aliphatic imine (C=N–C) groups is 1. The number of anilines is 2. The van der Waals surface area contributed by atoms with Crippen molar-refractivity contribution in [3.8, 4) is 0 Å². The van der Waals surface area contributed by atoms with Gasteiger partial charge in [0.1, 0.15) is 5.69 Å². The van der Waals surface area contributed by atoms with E-state index in [0.717, 1.165) is 16.8 Å². The molecule has 0 fully saturated rings. The molecule has 11 heteroatoms. The maximum Gasteiger partial charge on any atom is 0.272 e. The number of amides is 3. The van der Waals surface area contributed by atoms with E-state index in [-0.39, 0.29) is 32.5 Å². The molecule has 3 amide bonds. The summed E-state index contributed by atoms with van der Waals surface area (Å²) >= 11 is 9.47. The van der Waals surface area contributed by atoms with Crippen LogP contribution in [0.4, 0.5) is 11.5 Å². The molecule has 1 atom stereocenters. The normalized spacial score (nSPS) is 16.3. The third kappa shape index (κ3) is 5.54. The van der Waals surface area contributed by atoms with Crippen LogP contribution in [0.5, 0.6) is 0 Å². The highest BCUT2D eigenvalue weighted by Crippen LogP contribution is 2.28. The van der Waals surface area contributed by atoms with Crippen molar-refractivity contribution in [1.29, 1.82) is 0 Å². The Bertz CT molecular complexity index is 1620. The molecule has 9 nitrogen and oxygen atoms in total. The third-order valence-corrected chi connectivity index (χ3v) is 7.50. The third-order valence-electron chi connectivity index (χ3n) is 6.40. The first-order chi connectivity index (χ1) is 19.4. The molecule has 4 aromatic rings. The number of benzene rings is 3. The number of carbonyl (C=O) groups excluding carboxylic acids is 3. The summed E-state index contributed by atoms with van der Waals surface area (Å²) in [6.45, 7) is 2.26. The molecule has 0 spiro atoms. The number of H-pyrrole nitrogens is 1. The number of hydrogen-bond donors (Lipinski definition) is 3. The van der Waals surface area contributed by atoms with Crippen LogP contribution in [0.3, 0.4) is 0 Å². The molecule has 0 radical (unpaired) electrons. The van der Waals surface area contributed by atoms with Crippen LogP contribution in [0.25, 0.3) is 0 Å². The number of likely N-dealkylation sites (N-methyl/N-ethyl adjacent to an activating group) is 1. The molecule has 3 aromatic carbocycles. The second-order valence-corrected chi connectivity index (χ2v) is 10.1. The lowest BCUT2D eigenvalue weighted by molar-refractivity contribution is -0.120. The quantitative estimate of drug-likeness (QED) is 0.274. The van der Waals surface area contributed by atoms with Crippen LogP contribution in [-0.2, 0) is 11.2 Å². The zero-order chi connectivity index (χ0) is 28.2. The van der Waals surface area contributed by atoms with Crippen molar-refractivity contribution in [2.24, 2.45) is 4.99 Å². The molecule has 1 aliphatic rings. The van der Waals surface area contributed by atoms with Gasteiger partial charge >= 0.3 is 0 Å². The predicted molar refractivity (Wildman–Crippen MR) is 158 cm³/mol. The van der Waals surface area contributed by atoms with Gasteiger partial charge in [-0.25, -0.2) is 0 Å². The SMILES string of the molecule is CCN1C(=O)C(NC(=O)c2[nH]nc(NC(=O)c3ccccc3Cl)c2Br)/N=C(/c2ccccc2)Cc2ccccc21. The summed E-state index contributed by atoms with van der Waals surface area (Å²) in [5.74, 6) is -1.40. The molecule has 5 rings (SSSR count). The molecule has 1 aromatic heterocycles. The first-order valence-corrected chi connectivity index (χ1v) is 13.7. The standard InChI is InChI=1S/C29H24BrClN6O3/c1-2-37-22-15-9-6-12-18(22)16-21(17-10-4-3-5-11-17)32-26(29(37)40)34-28(39)24-23(30)25(36-35-24)33-27(38)19-13-7-8-14-20(19)31/h3-15,26H,2,16H2,1H3,(H,34,39)(H2,33,35,36,38)/b32-21+. The molecule has 0 saturated heterocycles. The highest BCUT2D eigenvalue weighted by molar-refractivity contribution is 9.10. The average molecular weight is 620 g/mol. The van der Waals surface area contributed by atoms with E-state index in [2.05, 4.69) is 36.8 Å². The van der Waals surface area contributed by atoms with Crippen LogP contribution in [0.15, 0.2) is 88.3 Å². The molecule has 3 N–H and O–H groups in total. The first kappa shape index (κ1) is 27.3. The number of hydrogen-bond acceptors (Lipinski definition) is 5. The van der Waals surface area contributed by atoms with Gasteiger partial charge in [0, 0.05) is 24.4 Å². The molecule has 1 unspecified atom stereocenters. The van der Waals surface area contributed by atoms with E-state index in [4.69, 9.17) is 16.6 Å².